The van der Waals surface area contributed by atoms with Gasteiger partial charge in [-0.25, -0.2) is 4.79 Å². The van der Waals surface area contributed by atoms with Crippen LogP contribution in [0.1, 0.15) is 11.3 Å². The predicted molar refractivity (Wildman–Crippen MR) is 69.8 cm³/mol. The van der Waals surface area contributed by atoms with Crippen LogP contribution in [0.5, 0.6) is 0 Å². The van der Waals surface area contributed by atoms with Crippen molar-refractivity contribution in [2.45, 2.75) is 18.1 Å². The molecule has 1 atom stereocenters. The van der Waals surface area contributed by atoms with Gasteiger partial charge in [-0.05, 0) is 6.07 Å². The Balaban J connectivity index is 2.38. The van der Waals surface area contributed by atoms with E-state index in [1.165, 1.54) is 0 Å². The molecule has 0 saturated heterocycles. The number of para-hydroxylation sites is 1. The number of methoxy groups -OCH3 is 1. The molecule has 2 N–H and O–H groups in total. The average molecular weight is 298 g/mol. The highest BCUT2D eigenvalue weighted by molar-refractivity contribution is 5.94. The monoisotopic (exact) mass is 298 g/mol. The second kappa shape index (κ2) is 4.49. The van der Waals surface area contributed by atoms with E-state index >= 15 is 0 Å². The van der Waals surface area contributed by atoms with E-state index in [-0.39, 0.29) is 12.1 Å². The van der Waals surface area contributed by atoms with Gasteiger partial charge in [0.2, 0.25) is 5.54 Å². The van der Waals surface area contributed by atoms with Gasteiger partial charge in [0.15, 0.2) is 0 Å². The number of ether oxygens (including phenoxy) is 1. The summed E-state index contributed by atoms with van der Waals surface area (Å²) >= 11 is 0. The summed E-state index contributed by atoms with van der Waals surface area (Å²) in [5, 5.41) is 2.72. The predicted octanol–water partition coefficient (Wildman–Crippen LogP) is 2.24. The first-order valence-electron chi connectivity index (χ1n) is 6.42. The molecule has 0 saturated carbocycles. The summed E-state index contributed by atoms with van der Waals surface area (Å²) in [6.07, 6.45) is -4.42. The second-order valence-corrected chi connectivity index (χ2v) is 4.94. The normalized spacial score (nSPS) is 22.1. The van der Waals surface area contributed by atoms with E-state index in [1.807, 2.05) is 0 Å². The lowest BCUT2D eigenvalue weighted by atomic mass is 9.83. The number of esters is 1. The van der Waals surface area contributed by atoms with Gasteiger partial charge in [-0.2, -0.15) is 13.2 Å². The van der Waals surface area contributed by atoms with E-state index < -0.39 is 17.7 Å². The fraction of sp³-hybridized carbons (Fsp3) is 0.357. The van der Waals surface area contributed by atoms with Crippen LogP contribution in [0, 0.1) is 0 Å². The van der Waals surface area contributed by atoms with Crippen molar-refractivity contribution >= 4 is 16.9 Å². The quantitative estimate of drug-likeness (QED) is 0.794. The van der Waals surface area contributed by atoms with Gasteiger partial charge in [0.05, 0.1) is 7.11 Å². The Bertz CT molecular complexity index is 708. The van der Waals surface area contributed by atoms with Crippen LogP contribution in [0.2, 0.25) is 0 Å². The summed E-state index contributed by atoms with van der Waals surface area (Å²) in [6.45, 7) is 0.0361. The molecule has 0 fully saturated rings. The maximum Gasteiger partial charge on any atom is 0.421 e. The number of fused-ring (bicyclic) bond motifs is 3. The van der Waals surface area contributed by atoms with Crippen LogP contribution in [0.15, 0.2) is 24.3 Å². The van der Waals surface area contributed by atoms with Crippen LogP contribution >= 0.6 is 0 Å². The molecule has 1 aliphatic heterocycles. The van der Waals surface area contributed by atoms with Crippen molar-refractivity contribution < 1.29 is 22.7 Å². The minimum atomic E-state index is -4.81. The fourth-order valence-corrected chi connectivity index (χ4v) is 2.96. The Hall–Kier alpha value is -2.02. The maximum absolute atomic E-state index is 13.7. The summed E-state index contributed by atoms with van der Waals surface area (Å²) in [5.41, 5.74) is -1.92. The average Bonchev–Trinajstić information content (AvgIpc) is 2.83. The van der Waals surface area contributed by atoms with E-state index in [0.717, 1.165) is 7.11 Å². The van der Waals surface area contributed by atoms with E-state index in [9.17, 15) is 18.0 Å². The molecule has 0 aliphatic carbocycles. The molecule has 0 spiro atoms. The lowest BCUT2D eigenvalue weighted by Gasteiger charge is -2.37. The molecule has 1 aromatic carbocycles. The molecule has 3 rings (SSSR count). The molecule has 7 heteroatoms. The third-order valence-electron chi connectivity index (χ3n) is 3.84. The number of H-pyrrole nitrogens is 1. The van der Waals surface area contributed by atoms with E-state index in [4.69, 9.17) is 0 Å². The number of nitrogens with one attached hydrogen (secondary N) is 2. The topological polar surface area (TPSA) is 54.1 Å². The molecule has 2 aromatic rings. The van der Waals surface area contributed by atoms with Crippen LogP contribution in [0.4, 0.5) is 13.2 Å². The number of aromatic nitrogens is 1. The summed E-state index contributed by atoms with van der Waals surface area (Å²) < 4.78 is 45.7. The number of hydrogen-bond donors (Lipinski definition) is 2. The lowest BCUT2D eigenvalue weighted by molar-refractivity contribution is -0.216. The van der Waals surface area contributed by atoms with Gasteiger partial charge in [-0.3, -0.25) is 5.32 Å². The van der Waals surface area contributed by atoms with Crippen LogP contribution in [0.25, 0.3) is 10.9 Å². The summed E-state index contributed by atoms with van der Waals surface area (Å²) in [5.74, 6) is -1.35. The molecule has 0 amide bonds. The van der Waals surface area contributed by atoms with Crippen molar-refractivity contribution in [3.8, 4) is 0 Å². The maximum atomic E-state index is 13.7. The number of carbonyl (C=O) groups excluding carboxylic acids is 1. The third kappa shape index (κ3) is 1.77. The first-order chi connectivity index (χ1) is 9.91. The van der Waals surface area contributed by atoms with Crippen LogP contribution in [-0.4, -0.2) is 30.8 Å². The molecule has 4 nitrogen and oxygen atoms in total. The lowest BCUT2D eigenvalue weighted by Crippen LogP contribution is -2.62. The molecule has 1 unspecified atom stereocenters. The number of rotatable bonds is 1. The van der Waals surface area contributed by atoms with Crippen molar-refractivity contribution in [1.29, 1.82) is 0 Å². The molecule has 21 heavy (non-hydrogen) atoms. The molecule has 0 bridgehead atoms. The first-order valence-corrected chi connectivity index (χ1v) is 6.42. The van der Waals surface area contributed by atoms with Crippen molar-refractivity contribution in [2.75, 3.05) is 13.7 Å². The van der Waals surface area contributed by atoms with Crippen molar-refractivity contribution in [3.63, 3.8) is 0 Å². The Morgan fingerprint density at radius 2 is 2.05 bits per heavy atom. The van der Waals surface area contributed by atoms with Crippen LogP contribution < -0.4 is 5.32 Å². The number of halogens is 3. The molecular weight excluding hydrogens is 285 g/mol. The Labute approximate surface area is 118 Å². The number of aromatic amines is 1. The highest BCUT2D eigenvalue weighted by atomic mass is 19.4. The van der Waals surface area contributed by atoms with Gasteiger partial charge >= 0.3 is 12.1 Å². The number of alkyl halides is 3. The SMILES string of the molecule is COC(=O)C1(C(F)(F)F)NCCc2[nH]c3ccccc3c21. The minimum absolute atomic E-state index is 0.0361. The van der Waals surface area contributed by atoms with Gasteiger partial charge in [-0.1, -0.05) is 18.2 Å². The smallest absolute Gasteiger partial charge is 0.421 e. The Morgan fingerprint density at radius 3 is 2.71 bits per heavy atom. The summed E-state index contributed by atoms with van der Waals surface area (Å²) in [7, 11) is 0.959. The zero-order valence-corrected chi connectivity index (χ0v) is 11.2. The van der Waals surface area contributed by atoms with Crippen molar-refractivity contribution in [2.24, 2.45) is 0 Å². The first kappa shape index (κ1) is 13.9. The highest BCUT2D eigenvalue weighted by Gasteiger charge is 2.65. The molecule has 0 radical (unpaired) electrons. The van der Waals surface area contributed by atoms with Gasteiger partial charge in [0, 0.05) is 35.1 Å². The molecule has 1 aliphatic rings. The van der Waals surface area contributed by atoms with E-state index in [1.54, 1.807) is 24.3 Å². The van der Waals surface area contributed by atoms with Crippen LogP contribution in [0.3, 0.4) is 0 Å². The number of benzene rings is 1. The third-order valence-corrected chi connectivity index (χ3v) is 3.84. The van der Waals surface area contributed by atoms with E-state index in [2.05, 4.69) is 15.0 Å². The van der Waals surface area contributed by atoms with Gasteiger partial charge in [0.1, 0.15) is 0 Å². The number of hydrogen-bond acceptors (Lipinski definition) is 3. The van der Waals surface area contributed by atoms with Crippen molar-refractivity contribution in [3.05, 3.63) is 35.5 Å². The Kier molecular flexibility index (Phi) is 2.98. The molecular formula is C14H13F3N2O2. The van der Waals surface area contributed by atoms with Gasteiger partial charge in [-0.15, -0.1) is 0 Å². The van der Waals surface area contributed by atoms with E-state index in [0.29, 0.717) is 23.0 Å². The largest absolute Gasteiger partial charge is 0.467 e. The molecule has 2 heterocycles. The van der Waals surface area contributed by atoms with Gasteiger partial charge in [0.25, 0.3) is 0 Å². The summed E-state index contributed by atoms with van der Waals surface area (Å²) in [6, 6.07) is 6.63. The minimum Gasteiger partial charge on any atom is -0.467 e. The Morgan fingerprint density at radius 1 is 1.33 bits per heavy atom. The van der Waals surface area contributed by atoms with Crippen LogP contribution in [-0.2, 0) is 21.5 Å². The highest BCUT2D eigenvalue weighted by Crippen LogP contribution is 2.46. The second-order valence-electron chi connectivity index (χ2n) is 4.94. The summed E-state index contributed by atoms with van der Waals surface area (Å²) in [4.78, 5) is 15.0. The standard InChI is InChI=1S/C14H13F3N2O2/c1-21-12(20)13(14(15,16)17)11-8-4-2-3-5-9(8)19-10(11)6-7-18-13/h2-5,18-19H,6-7H2,1H3. The number of carbonyl (C=O) groups is 1. The zero-order valence-electron chi connectivity index (χ0n) is 11.2. The van der Waals surface area contributed by atoms with Gasteiger partial charge < -0.3 is 9.72 Å². The zero-order chi connectivity index (χ0) is 15.3. The molecule has 112 valence electrons. The fourth-order valence-electron chi connectivity index (χ4n) is 2.96. The molecule has 1 aromatic heterocycles. The van der Waals surface area contributed by atoms with Crippen molar-refractivity contribution in [1.82, 2.24) is 10.3 Å².